The van der Waals surface area contributed by atoms with Gasteiger partial charge in [-0.2, -0.15) is 0 Å². The summed E-state index contributed by atoms with van der Waals surface area (Å²) < 4.78 is 9.94. The van der Waals surface area contributed by atoms with Gasteiger partial charge in [0.15, 0.2) is 18.2 Å². The van der Waals surface area contributed by atoms with Crippen molar-refractivity contribution in [2.45, 2.75) is 12.8 Å². The van der Waals surface area contributed by atoms with E-state index in [2.05, 4.69) is 0 Å². The van der Waals surface area contributed by atoms with E-state index in [1.807, 2.05) is 0 Å². The number of methoxy groups -OCH3 is 1. The Labute approximate surface area is 150 Å². The lowest BCUT2D eigenvalue weighted by Crippen LogP contribution is -2.15. The number of esters is 1. The fourth-order valence-corrected chi connectivity index (χ4v) is 2.20. The maximum Gasteiger partial charge on any atom is 0.306 e. The summed E-state index contributed by atoms with van der Waals surface area (Å²) >= 11 is 5.75. The van der Waals surface area contributed by atoms with Gasteiger partial charge in [0.25, 0.3) is 0 Å². The molecule has 2 rings (SSSR count). The van der Waals surface area contributed by atoms with Crippen molar-refractivity contribution >= 4 is 29.1 Å². The highest BCUT2D eigenvalue weighted by molar-refractivity contribution is 6.30. The number of Topliss-reactive ketones (excluding diaryl/α,β-unsaturated/α-hetero) is 2. The van der Waals surface area contributed by atoms with Crippen LogP contribution < -0.4 is 4.74 Å². The SMILES string of the molecule is COc1ccc(C(=O)CCC(=O)OCC(=O)c2ccc(Cl)cc2)cc1. The zero-order chi connectivity index (χ0) is 18.2. The largest absolute Gasteiger partial charge is 0.497 e. The zero-order valence-electron chi connectivity index (χ0n) is 13.7. The van der Waals surface area contributed by atoms with Crippen LogP contribution in [0, 0.1) is 0 Å². The summed E-state index contributed by atoms with van der Waals surface area (Å²) in [4.78, 5) is 35.6. The second-order valence-corrected chi connectivity index (χ2v) is 5.68. The first-order chi connectivity index (χ1) is 12.0. The van der Waals surface area contributed by atoms with Crippen LogP contribution in [0.4, 0.5) is 0 Å². The molecule has 0 fully saturated rings. The predicted molar refractivity (Wildman–Crippen MR) is 93.3 cm³/mol. The van der Waals surface area contributed by atoms with Gasteiger partial charge >= 0.3 is 5.97 Å². The molecule has 0 saturated heterocycles. The second kappa shape index (κ2) is 8.99. The quantitative estimate of drug-likeness (QED) is 0.530. The van der Waals surface area contributed by atoms with Crippen LogP contribution in [0.3, 0.4) is 0 Å². The van der Waals surface area contributed by atoms with Crippen molar-refractivity contribution in [3.05, 3.63) is 64.7 Å². The Morgan fingerprint density at radius 3 is 2.00 bits per heavy atom. The summed E-state index contributed by atoms with van der Waals surface area (Å²) in [6.07, 6.45) is -0.0704. The van der Waals surface area contributed by atoms with Crippen molar-refractivity contribution < 1.29 is 23.9 Å². The molecule has 0 aliphatic rings. The Hall–Kier alpha value is -2.66. The number of carbonyl (C=O) groups is 3. The van der Waals surface area contributed by atoms with Gasteiger partial charge in [0.1, 0.15) is 5.75 Å². The molecule has 25 heavy (non-hydrogen) atoms. The van der Waals surface area contributed by atoms with Crippen LogP contribution >= 0.6 is 11.6 Å². The molecule has 0 spiro atoms. The van der Waals surface area contributed by atoms with Gasteiger partial charge in [0.2, 0.25) is 0 Å². The number of ketones is 2. The van der Waals surface area contributed by atoms with Crippen LogP contribution in [0.15, 0.2) is 48.5 Å². The Morgan fingerprint density at radius 2 is 1.40 bits per heavy atom. The Kier molecular flexibility index (Phi) is 6.71. The van der Waals surface area contributed by atoms with Gasteiger partial charge in [-0.3, -0.25) is 14.4 Å². The van der Waals surface area contributed by atoms with Gasteiger partial charge < -0.3 is 9.47 Å². The number of hydrogen-bond acceptors (Lipinski definition) is 5. The molecule has 0 aliphatic heterocycles. The molecule has 0 aliphatic carbocycles. The van der Waals surface area contributed by atoms with Crippen LogP contribution in [-0.4, -0.2) is 31.3 Å². The van der Waals surface area contributed by atoms with E-state index in [1.54, 1.807) is 48.5 Å². The summed E-state index contributed by atoms with van der Waals surface area (Å²) in [6, 6.07) is 12.9. The predicted octanol–water partition coefficient (Wildman–Crippen LogP) is 3.74. The number of rotatable bonds is 8. The third kappa shape index (κ3) is 5.72. The summed E-state index contributed by atoms with van der Waals surface area (Å²) in [6.45, 7) is -0.364. The average molecular weight is 361 g/mol. The minimum atomic E-state index is -0.593. The van der Waals surface area contributed by atoms with E-state index in [0.717, 1.165) is 0 Å². The lowest BCUT2D eigenvalue weighted by Gasteiger charge is -2.05. The van der Waals surface area contributed by atoms with E-state index < -0.39 is 5.97 Å². The van der Waals surface area contributed by atoms with Gasteiger partial charge in [0, 0.05) is 22.6 Å². The highest BCUT2D eigenvalue weighted by atomic mass is 35.5. The molecule has 0 N–H and O–H groups in total. The molecule has 2 aromatic rings. The highest BCUT2D eigenvalue weighted by Gasteiger charge is 2.13. The molecule has 2 aromatic carbocycles. The molecule has 0 amide bonds. The molecule has 0 heterocycles. The maximum absolute atomic E-state index is 12.0. The van der Waals surface area contributed by atoms with Crippen LogP contribution in [0.5, 0.6) is 5.75 Å². The van der Waals surface area contributed by atoms with E-state index in [1.165, 1.54) is 7.11 Å². The number of carbonyl (C=O) groups excluding carboxylic acids is 3. The lowest BCUT2D eigenvalue weighted by molar-refractivity contribution is -0.142. The fraction of sp³-hybridized carbons (Fsp3) is 0.211. The van der Waals surface area contributed by atoms with Crippen LogP contribution in [0.2, 0.25) is 5.02 Å². The summed E-state index contributed by atoms with van der Waals surface area (Å²) in [5, 5.41) is 0.519. The lowest BCUT2D eigenvalue weighted by atomic mass is 10.1. The molecular weight excluding hydrogens is 344 g/mol. The molecule has 0 saturated carbocycles. The first-order valence-electron chi connectivity index (χ1n) is 7.61. The van der Waals surface area contributed by atoms with E-state index >= 15 is 0 Å². The van der Waals surface area contributed by atoms with Crippen LogP contribution in [0.25, 0.3) is 0 Å². The van der Waals surface area contributed by atoms with Crippen LogP contribution in [-0.2, 0) is 9.53 Å². The van der Waals surface area contributed by atoms with E-state index in [4.69, 9.17) is 21.1 Å². The summed E-state index contributed by atoms with van der Waals surface area (Å²) in [5.41, 5.74) is 0.900. The Morgan fingerprint density at radius 1 is 0.840 bits per heavy atom. The van der Waals surface area contributed by atoms with Gasteiger partial charge in [-0.05, 0) is 48.5 Å². The molecule has 0 aromatic heterocycles. The molecule has 0 atom stereocenters. The molecule has 0 bridgehead atoms. The zero-order valence-corrected chi connectivity index (χ0v) is 14.4. The first kappa shape index (κ1) is 18.7. The number of hydrogen-bond donors (Lipinski definition) is 0. The van der Waals surface area contributed by atoms with Crippen molar-refractivity contribution in [2.75, 3.05) is 13.7 Å². The van der Waals surface area contributed by atoms with Gasteiger partial charge in [-0.1, -0.05) is 11.6 Å². The van der Waals surface area contributed by atoms with Gasteiger partial charge in [0.05, 0.1) is 13.5 Å². The van der Waals surface area contributed by atoms with Crippen molar-refractivity contribution in [1.29, 1.82) is 0 Å². The minimum absolute atomic E-state index is 0.0142. The summed E-state index contributed by atoms with van der Waals surface area (Å²) in [7, 11) is 1.54. The number of ether oxygens (including phenoxy) is 2. The second-order valence-electron chi connectivity index (χ2n) is 5.24. The molecule has 0 radical (unpaired) electrons. The van der Waals surface area contributed by atoms with Gasteiger partial charge in [-0.15, -0.1) is 0 Å². The topological polar surface area (TPSA) is 69.7 Å². The van der Waals surface area contributed by atoms with Crippen molar-refractivity contribution in [2.24, 2.45) is 0 Å². The maximum atomic E-state index is 12.0. The Balaban J connectivity index is 1.77. The smallest absolute Gasteiger partial charge is 0.306 e. The number of benzene rings is 2. The van der Waals surface area contributed by atoms with Crippen molar-refractivity contribution in [3.63, 3.8) is 0 Å². The standard InChI is InChI=1S/C19H17ClO5/c1-24-16-8-4-13(5-9-16)17(21)10-11-19(23)25-12-18(22)14-2-6-15(20)7-3-14/h2-9H,10-12H2,1H3. The minimum Gasteiger partial charge on any atom is -0.497 e. The highest BCUT2D eigenvalue weighted by Crippen LogP contribution is 2.14. The molecule has 5 nitrogen and oxygen atoms in total. The van der Waals surface area contributed by atoms with E-state index in [9.17, 15) is 14.4 Å². The third-order valence-corrected chi connectivity index (χ3v) is 3.75. The molecular formula is C19H17ClO5. The Bertz CT molecular complexity index is 750. The summed E-state index contributed by atoms with van der Waals surface area (Å²) in [5.74, 6) is -0.448. The van der Waals surface area contributed by atoms with Crippen LogP contribution in [0.1, 0.15) is 33.6 Å². The van der Waals surface area contributed by atoms with Gasteiger partial charge in [-0.25, -0.2) is 0 Å². The van der Waals surface area contributed by atoms with Crippen molar-refractivity contribution in [3.8, 4) is 5.75 Å². The molecule has 6 heteroatoms. The first-order valence-corrected chi connectivity index (χ1v) is 7.99. The number of halogens is 1. The monoisotopic (exact) mass is 360 g/mol. The fourth-order valence-electron chi connectivity index (χ4n) is 2.07. The normalized spacial score (nSPS) is 10.2. The third-order valence-electron chi connectivity index (χ3n) is 3.50. The average Bonchev–Trinajstić information content (AvgIpc) is 2.64. The van der Waals surface area contributed by atoms with E-state index in [0.29, 0.717) is 21.9 Å². The van der Waals surface area contributed by atoms with E-state index in [-0.39, 0.29) is 31.0 Å². The van der Waals surface area contributed by atoms with Crippen molar-refractivity contribution in [1.82, 2.24) is 0 Å². The molecule has 130 valence electrons. The molecule has 0 unspecified atom stereocenters.